The van der Waals surface area contributed by atoms with Gasteiger partial charge in [0.2, 0.25) is 0 Å². The highest BCUT2D eigenvalue weighted by molar-refractivity contribution is 5.72. The molecule has 1 aromatic heterocycles. The maximum Gasteiger partial charge on any atom is 0.169 e. The fraction of sp³-hybridized carbons (Fsp3) is 0.231. The standard InChI is InChI=1S/C13H18N2/c1-5-12(6-9-14(2)3)13-7-10-15(4)11-8-13/h5-11H,2H2,1,3-4H3/q+2/b9-6-,12-5+. The van der Waals surface area contributed by atoms with E-state index in [0.717, 1.165) is 0 Å². The molecule has 0 amide bonds. The molecule has 0 fully saturated rings. The Morgan fingerprint density at radius 2 is 2.00 bits per heavy atom. The van der Waals surface area contributed by atoms with Crippen molar-refractivity contribution in [2.75, 3.05) is 7.05 Å². The average molecular weight is 202 g/mol. The minimum atomic E-state index is 1.20. The predicted octanol–water partition coefficient (Wildman–Crippen LogP) is 1.77. The molecule has 0 aliphatic rings. The zero-order valence-corrected chi connectivity index (χ0v) is 9.64. The molecule has 0 aliphatic heterocycles. The molecule has 0 atom stereocenters. The van der Waals surface area contributed by atoms with Crippen LogP contribution < -0.4 is 4.57 Å². The molecule has 0 spiro atoms. The number of aromatic nitrogens is 1. The fourth-order valence-corrected chi connectivity index (χ4v) is 1.26. The van der Waals surface area contributed by atoms with E-state index < -0.39 is 0 Å². The molecule has 2 nitrogen and oxygen atoms in total. The second kappa shape index (κ2) is 5.25. The van der Waals surface area contributed by atoms with Gasteiger partial charge in [-0.05, 0) is 18.1 Å². The number of hydrogen-bond acceptors (Lipinski definition) is 0. The van der Waals surface area contributed by atoms with E-state index in [2.05, 4.69) is 31.0 Å². The lowest BCUT2D eigenvalue weighted by atomic mass is 10.1. The van der Waals surface area contributed by atoms with Crippen molar-refractivity contribution in [3.8, 4) is 0 Å². The van der Waals surface area contributed by atoms with E-state index in [0.29, 0.717) is 0 Å². The molecule has 1 aromatic rings. The number of hydrogen-bond donors (Lipinski definition) is 0. The van der Waals surface area contributed by atoms with Crippen molar-refractivity contribution in [3.05, 3.63) is 48.4 Å². The first-order valence-corrected chi connectivity index (χ1v) is 4.97. The third kappa shape index (κ3) is 3.50. The van der Waals surface area contributed by atoms with Crippen LogP contribution in [0.4, 0.5) is 0 Å². The van der Waals surface area contributed by atoms with Crippen LogP contribution in [-0.4, -0.2) is 18.3 Å². The first-order chi connectivity index (χ1) is 7.13. The summed E-state index contributed by atoms with van der Waals surface area (Å²) in [6, 6.07) is 4.20. The first kappa shape index (κ1) is 11.4. The second-order valence-electron chi connectivity index (χ2n) is 3.57. The van der Waals surface area contributed by atoms with Gasteiger partial charge in [-0.25, -0.2) is 9.14 Å². The average Bonchev–Trinajstić information content (AvgIpc) is 2.21. The Labute approximate surface area is 91.5 Å². The second-order valence-corrected chi connectivity index (χ2v) is 3.57. The summed E-state index contributed by atoms with van der Waals surface area (Å²) in [5.74, 6) is 0. The summed E-state index contributed by atoms with van der Waals surface area (Å²) in [4.78, 5) is 0. The predicted molar refractivity (Wildman–Crippen MR) is 63.7 cm³/mol. The summed E-state index contributed by atoms with van der Waals surface area (Å²) in [6.07, 6.45) is 10.2. The van der Waals surface area contributed by atoms with Gasteiger partial charge in [0.25, 0.3) is 0 Å². The summed E-state index contributed by atoms with van der Waals surface area (Å²) in [7, 11) is 3.92. The van der Waals surface area contributed by atoms with Crippen LogP contribution in [0.2, 0.25) is 0 Å². The van der Waals surface area contributed by atoms with Gasteiger partial charge in [-0.15, -0.1) is 0 Å². The molecular weight excluding hydrogens is 184 g/mol. The third-order valence-corrected chi connectivity index (χ3v) is 2.13. The molecule has 0 aliphatic carbocycles. The van der Waals surface area contributed by atoms with Crippen molar-refractivity contribution in [2.24, 2.45) is 7.05 Å². The Hall–Kier alpha value is -1.70. The van der Waals surface area contributed by atoms with Crippen molar-refractivity contribution < 1.29 is 9.14 Å². The highest BCUT2D eigenvalue weighted by atomic mass is 14.9. The van der Waals surface area contributed by atoms with E-state index in [-0.39, 0.29) is 0 Å². The molecule has 0 aromatic carbocycles. The van der Waals surface area contributed by atoms with E-state index in [1.807, 2.05) is 44.2 Å². The zero-order valence-electron chi connectivity index (χ0n) is 9.64. The molecule has 0 bridgehead atoms. The van der Waals surface area contributed by atoms with E-state index >= 15 is 0 Å². The first-order valence-electron chi connectivity index (χ1n) is 4.97. The lowest BCUT2D eigenvalue weighted by Gasteiger charge is -1.98. The summed E-state index contributed by atoms with van der Waals surface area (Å²) < 4.78 is 3.81. The molecule has 0 unspecified atom stereocenters. The zero-order chi connectivity index (χ0) is 11.3. The topological polar surface area (TPSA) is 6.89 Å². The smallest absolute Gasteiger partial charge is 0.169 e. The van der Waals surface area contributed by atoms with Crippen LogP contribution in [0.25, 0.3) is 5.57 Å². The maximum atomic E-state index is 3.77. The van der Waals surface area contributed by atoms with Crippen molar-refractivity contribution in [1.82, 2.24) is 0 Å². The van der Waals surface area contributed by atoms with Crippen LogP contribution in [0.15, 0.2) is 42.9 Å². The normalized spacial score (nSPS) is 12.1. The van der Waals surface area contributed by atoms with E-state index in [9.17, 15) is 0 Å². The molecular formula is C13H18N2+2. The van der Waals surface area contributed by atoms with Crippen LogP contribution >= 0.6 is 0 Å². The Bertz CT molecular complexity index is 397. The summed E-state index contributed by atoms with van der Waals surface area (Å²) in [6.45, 7) is 5.81. The van der Waals surface area contributed by atoms with Crippen LogP contribution in [0.5, 0.6) is 0 Å². The van der Waals surface area contributed by atoms with Crippen molar-refractivity contribution in [3.63, 3.8) is 0 Å². The van der Waals surface area contributed by atoms with Gasteiger partial charge in [0, 0.05) is 18.2 Å². The van der Waals surface area contributed by atoms with Crippen molar-refractivity contribution >= 4 is 12.3 Å². The molecule has 0 saturated carbocycles. The van der Waals surface area contributed by atoms with E-state index in [4.69, 9.17) is 0 Å². The minimum Gasteiger partial charge on any atom is -0.214 e. The van der Waals surface area contributed by atoms with Gasteiger partial charge in [-0.1, -0.05) is 6.08 Å². The fourth-order valence-electron chi connectivity index (χ4n) is 1.26. The Morgan fingerprint density at radius 1 is 1.40 bits per heavy atom. The molecule has 0 saturated heterocycles. The van der Waals surface area contributed by atoms with Crippen LogP contribution in [0, 0.1) is 0 Å². The molecule has 2 heteroatoms. The molecule has 0 radical (unpaired) electrons. The number of allylic oxidation sites excluding steroid dienone is 3. The number of pyridine rings is 1. The third-order valence-electron chi connectivity index (χ3n) is 2.13. The quantitative estimate of drug-likeness (QED) is 0.400. The Balaban J connectivity index is 2.94. The van der Waals surface area contributed by atoms with Crippen molar-refractivity contribution in [2.45, 2.75) is 6.92 Å². The van der Waals surface area contributed by atoms with E-state index in [1.54, 1.807) is 4.58 Å². The van der Waals surface area contributed by atoms with Crippen LogP contribution in [-0.2, 0) is 7.05 Å². The number of aryl methyl sites for hydroxylation is 1. The molecule has 15 heavy (non-hydrogen) atoms. The highest BCUT2D eigenvalue weighted by Gasteiger charge is 1.99. The maximum absolute atomic E-state index is 3.77. The van der Waals surface area contributed by atoms with Gasteiger partial charge >= 0.3 is 0 Å². The summed E-state index contributed by atoms with van der Waals surface area (Å²) in [5.41, 5.74) is 2.42. The van der Waals surface area contributed by atoms with Gasteiger partial charge in [-0.2, -0.15) is 0 Å². The molecule has 0 N–H and O–H groups in total. The summed E-state index contributed by atoms with van der Waals surface area (Å²) in [5, 5.41) is 0. The molecule has 78 valence electrons. The number of rotatable bonds is 3. The highest BCUT2D eigenvalue weighted by Crippen LogP contribution is 2.13. The van der Waals surface area contributed by atoms with Gasteiger partial charge in [0.15, 0.2) is 18.6 Å². The van der Waals surface area contributed by atoms with Gasteiger partial charge in [-0.3, -0.25) is 0 Å². The summed E-state index contributed by atoms with van der Waals surface area (Å²) >= 11 is 0. The van der Waals surface area contributed by atoms with Crippen molar-refractivity contribution in [1.29, 1.82) is 0 Å². The van der Waals surface area contributed by atoms with Gasteiger partial charge in [0.05, 0.1) is 0 Å². The minimum absolute atomic E-state index is 1.20. The lowest BCUT2D eigenvalue weighted by Crippen LogP contribution is -2.25. The molecule has 1 rings (SSSR count). The van der Waals surface area contributed by atoms with E-state index in [1.165, 1.54) is 11.1 Å². The SMILES string of the molecule is C=[N+](C)/C=C\C(=C/C)c1cc[n+](C)cc1. The van der Waals surface area contributed by atoms with Crippen LogP contribution in [0.3, 0.4) is 0 Å². The Kier molecular flexibility index (Phi) is 3.98. The van der Waals surface area contributed by atoms with Gasteiger partial charge in [0.1, 0.15) is 20.8 Å². The monoisotopic (exact) mass is 202 g/mol. The van der Waals surface area contributed by atoms with Gasteiger partial charge < -0.3 is 0 Å². The van der Waals surface area contributed by atoms with Crippen LogP contribution in [0.1, 0.15) is 12.5 Å². The molecule has 1 heterocycles. The number of nitrogens with zero attached hydrogens (tertiary/aromatic N) is 2. The Morgan fingerprint density at radius 3 is 2.47 bits per heavy atom. The largest absolute Gasteiger partial charge is 0.214 e. The lowest BCUT2D eigenvalue weighted by molar-refractivity contribution is -0.671.